The van der Waals surface area contributed by atoms with Gasteiger partial charge in [-0.05, 0) is 29.8 Å². The number of nitrogens with one attached hydrogen (secondary N) is 3. The zero-order valence-corrected chi connectivity index (χ0v) is 19.6. The lowest BCUT2D eigenvalue weighted by molar-refractivity contribution is -0.130. The Hall–Kier alpha value is -3.70. The van der Waals surface area contributed by atoms with E-state index in [1.54, 1.807) is 24.3 Å². The highest BCUT2D eigenvalue weighted by Crippen LogP contribution is 2.34. The fourth-order valence-electron chi connectivity index (χ4n) is 3.76. The molecule has 0 radical (unpaired) electrons. The summed E-state index contributed by atoms with van der Waals surface area (Å²) in [5.41, 5.74) is 2.87. The second kappa shape index (κ2) is 9.27. The van der Waals surface area contributed by atoms with E-state index in [-0.39, 0.29) is 42.8 Å². The molecule has 0 fully saturated rings. The van der Waals surface area contributed by atoms with Crippen LogP contribution in [-0.2, 0) is 31.0 Å². The average molecular weight is 484 g/mol. The van der Waals surface area contributed by atoms with Gasteiger partial charge in [0.2, 0.25) is 21.8 Å². The van der Waals surface area contributed by atoms with E-state index >= 15 is 0 Å². The first-order chi connectivity index (χ1) is 16.2. The maximum atomic E-state index is 13.0. The molecule has 3 amide bonds. The van der Waals surface area contributed by atoms with Crippen LogP contribution in [0.3, 0.4) is 0 Å². The molecule has 2 aromatic carbocycles. The molecule has 0 saturated carbocycles. The minimum absolute atomic E-state index is 0.00584. The first-order valence-corrected chi connectivity index (χ1v) is 12.1. The zero-order chi connectivity index (χ0) is 24.5. The molecule has 0 spiro atoms. The van der Waals surface area contributed by atoms with Crippen LogP contribution in [-0.4, -0.2) is 62.5 Å². The predicted octanol–water partition coefficient (Wildman–Crippen LogP) is 1.19. The number of nitrogens with zero attached hydrogens (tertiary/aromatic N) is 2. The molecule has 2 heterocycles. The number of hydrogen-bond donors (Lipinski definition) is 3. The van der Waals surface area contributed by atoms with Crippen molar-refractivity contribution in [3.63, 3.8) is 0 Å². The summed E-state index contributed by atoms with van der Waals surface area (Å²) in [6.45, 7) is -0.0169. The standard InChI is InChI=1S/C23H25N5O5S/c1-27-10-9-20(29)25-12-15-5-3-8-19-22(15)18(23(31)26-19)13-24-16-6-4-7-17(11-16)34(32,33)28(2)14-21(27)30/h3-8,11,13,24H,9-10,12,14H2,1-2H3,(H,25,29)(H,26,31)/b18-13-. The van der Waals surface area contributed by atoms with Crippen molar-refractivity contribution >= 4 is 44.7 Å². The van der Waals surface area contributed by atoms with Gasteiger partial charge in [-0.15, -0.1) is 0 Å². The van der Waals surface area contributed by atoms with Crippen LogP contribution in [0.4, 0.5) is 11.4 Å². The summed E-state index contributed by atoms with van der Waals surface area (Å²) in [4.78, 5) is 38.9. The number of sulfonamides is 1. The van der Waals surface area contributed by atoms with Gasteiger partial charge in [-0.3, -0.25) is 14.4 Å². The summed E-state index contributed by atoms with van der Waals surface area (Å²) in [5, 5.41) is 8.64. The number of carbonyl (C=O) groups is 3. The van der Waals surface area contributed by atoms with E-state index in [1.165, 1.54) is 37.3 Å². The van der Waals surface area contributed by atoms with E-state index in [0.717, 1.165) is 9.87 Å². The summed E-state index contributed by atoms with van der Waals surface area (Å²) in [6.07, 6.45) is 1.57. The van der Waals surface area contributed by atoms with Crippen molar-refractivity contribution in [2.75, 3.05) is 37.8 Å². The highest BCUT2D eigenvalue weighted by Gasteiger charge is 2.28. The number of carbonyl (C=O) groups excluding carboxylic acids is 3. The van der Waals surface area contributed by atoms with Crippen LogP contribution in [0, 0.1) is 0 Å². The van der Waals surface area contributed by atoms with Crippen LogP contribution in [0.15, 0.2) is 53.6 Å². The Bertz CT molecular complexity index is 1300. The number of likely N-dealkylation sites (N-methyl/N-ethyl adjacent to an activating group) is 2. The Morgan fingerprint density at radius 3 is 2.56 bits per heavy atom. The molecule has 2 aromatic rings. The van der Waals surface area contributed by atoms with Crippen LogP contribution < -0.4 is 16.0 Å². The Balaban J connectivity index is 1.75. The first-order valence-electron chi connectivity index (χ1n) is 10.6. The Morgan fingerprint density at radius 1 is 1.00 bits per heavy atom. The minimum Gasteiger partial charge on any atom is -0.361 e. The largest absolute Gasteiger partial charge is 0.361 e. The molecule has 0 saturated heterocycles. The van der Waals surface area contributed by atoms with Crippen molar-refractivity contribution in [2.45, 2.75) is 17.9 Å². The molecule has 178 valence electrons. The number of anilines is 2. The molecule has 0 atom stereocenters. The van der Waals surface area contributed by atoms with Crippen molar-refractivity contribution in [2.24, 2.45) is 0 Å². The number of fused-ring (bicyclic) bond motifs is 2. The fourth-order valence-corrected chi connectivity index (χ4v) is 4.93. The third-order valence-electron chi connectivity index (χ3n) is 5.77. The molecular formula is C23H25N5O5S. The van der Waals surface area contributed by atoms with Gasteiger partial charge < -0.3 is 20.9 Å². The summed E-state index contributed by atoms with van der Waals surface area (Å²) >= 11 is 0. The molecule has 0 aromatic heterocycles. The quantitative estimate of drug-likeness (QED) is 0.517. The number of benzene rings is 2. The lowest BCUT2D eigenvalue weighted by atomic mass is 10.0. The van der Waals surface area contributed by atoms with Gasteiger partial charge >= 0.3 is 0 Å². The Labute approximate surface area is 197 Å². The smallest absolute Gasteiger partial charge is 0.257 e. The molecule has 3 N–H and O–H groups in total. The highest BCUT2D eigenvalue weighted by molar-refractivity contribution is 7.89. The van der Waals surface area contributed by atoms with E-state index in [2.05, 4.69) is 16.0 Å². The van der Waals surface area contributed by atoms with Gasteiger partial charge in [0.1, 0.15) is 0 Å². The number of amides is 3. The van der Waals surface area contributed by atoms with Gasteiger partial charge in [0.25, 0.3) is 5.91 Å². The molecule has 2 aliphatic rings. The molecule has 11 heteroatoms. The van der Waals surface area contributed by atoms with Crippen molar-refractivity contribution in [1.82, 2.24) is 14.5 Å². The molecule has 0 unspecified atom stereocenters. The Kier molecular flexibility index (Phi) is 6.40. The molecule has 4 rings (SSSR count). The molecular weight excluding hydrogens is 458 g/mol. The minimum atomic E-state index is -3.95. The van der Waals surface area contributed by atoms with E-state index in [9.17, 15) is 22.8 Å². The van der Waals surface area contributed by atoms with Crippen LogP contribution in [0.25, 0.3) is 5.57 Å². The SMILES string of the molecule is CN1CCC(=O)NCc2cccc3c2/C(=C/Nc2cccc(c2)S(=O)(=O)N(C)CC1=O)C(=O)N3. The normalized spacial score (nSPS) is 20.7. The lowest BCUT2D eigenvalue weighted by Crippen LogP contribution is -2.40. The molecule has 34 heavy (non-hydrogen) atoms. The van der Waals surface area contributed by atoms with Crippen molar-refractivity contribution < 1.29 is 22.8 Å². The van der Waals surface area contributed by atoms with E-state index in [0.29, 0.717) is 22.5 Å². The summed E-state index contributed by atoms with van der Waals surface area (Å²) < 4.78 is 27.0. The second-order valence-electron chi connectivity index (χ2n) is 8.13. The first kappa shape index (κ1) is 23.5. The molecule has 2 bridgehead atoms. The van der Waals surface area contributed by atoms with Gasteiger partial charge in [-0.1, -0.05) is 18.2 Å². The van der Waals surface area contributed by atoms with E-state index in [4.69, 9.17) is 0 Å². The van der Waals surface area contributed by atoms with Crippen molar-refractivity contribution in [1.29, 1.82) is 0 Å². The average Bonchev–Trinajstić information content (AvgIpc) is 3.14. The van der Waals surface area contributed by atoms with Gasteiger partial charge in [0.15, 0.2) is 0 Å². The molecule has 0 aliphatic carbocycles. The van der Waals surface area contributed by atoms with E-state index in [1.807, 2.05) is 6.07 Å². The van der Waals surface area contributed by atoms with Gasteiger partial charge in [-0.2, -0.15) is 4.31 Å². The third kappa shape index (κ3) is 4.66. The fraction of sp³-hybridized carbons (Fsp3) is 0.261. The summed E-state index contributed by atoms with van der Waals surface area (Å²) in [6, 6.07) is 11.5. The summed E-state index contributed by atoms with van der Waals surface area (Å²) in [5.74, 6) is -0.998. The van der Waals surface area contributed by atoms with Crippen molar-refractivity contribution in [3.05, 3.63) is 59.8 Å². The van der Waals surface area contributed by atoms with Crippen LogP contribution in [0.2, 0.25) is 0 Å². The molecule has 2 aliphatic heterocycles. The lowest BCUT2D eigenvalue weighted by Gasteiger charge is -2.22. The van der Waals surface area contributed by atoms with Crippen molar-refractivity contribution in [3.8, 4) is 0 Å². The number of hydrogen-bond acceptors (Lipinski definition) is 6. The maximum absolute atomic E-state index is 13.0. The summed E-state index contributed by atoms with van der Waals surface area (Å²) in [7, 11) is -1.09. The number of rotatable bonds is 0. The second-order valence-corrected chi connectivity index (χ2v) is 10.2. The van der Waals surface area contributed by atoms with Gasteiger partial charge in [0.05, 0.1) is 17.0 Å². The van der Waals surface area contributed by atoms with Gasteiger partial charge in [-0.25, -0.2) is 8.42 Å². The van der Waals surface area contributed by atoms with Crippen LogP contribution in [0.5, 0.6) is 0 Å². The highest BCUT2D eigenvalue weighted by atomic mass is 32.2. The van der Waals surface area contributed by atoms with Gasteiger partial charge in [0, 0.05) is 56.7 Å². The Morgan fingerprint density at radius 2 is 1.76 bits per heavy atom. The van der Waals surface area contributed by atoms with Crippen LogP contribution >= 0.6 is 0 Å². The predicted molar refractivity (Wildman–Crippen MR) is 127 cm³/mol. The van der Waals surface area contributed by atoms with E-state index < -0.39 is 15.9 Å². The molecule has 10 nitrogen and oxygen atoms in total. The monoisotopic (exact) mass is 483 g/mol. The maximum Gasteiger partial charge on any atom is 0.257 e. The third-order valence-corrected chi connectivity index (χ3v) is 7.57. The topological polar surface area (TPSA) is 128 Å². The van der Waals surface area contributed by atoms with Crippen LogP contribution in [0.1, 0.15) is 17.5 Å². The zero-order valence-electron chi connectivity index (χ0n) is 18.8.